The summed E-state index contributed by atoms with van der Waals surface area (Å²) in [6.45, 7) is 7.74. The van der Waals surface area contributed by atoms with Crippen LogP contribution >= 0.6 is 11.8 Å². The SMILES string of the molecule is CCOC(=O)N1CCN(C(=O)CSc2nnc(Cc3cc(=O)[nH]c(=O)[nH]3)n2-c2cc(C)ccc2C)CC1. The molecular weight excluding hydrogens is 498 g/mol. The first kappa shape index (κ1) is 26.2. The molecule has 0 saturated carbocycles. The number of aromatic amines is 2. The van der Waals surface area contributed by atoms with Crippen molar-refractivity contribution in [1.82, 2.24) is 34.5 Å². The monoisotopic (exact) mass is 527 g/mol. The zero-order chi connectivity index (χ0) is 26.5. The minimum Gasteiger partial charge on any atom is -0.450 e. The molecule has 1 aromatic carbocycles. The molecule has 1 aliphatic rings. The molecule has 0 spiro atoms. The van der Waals surface area contributed by atoms with Crippen LogP contribution in [-0.2, 0) is 16.0 Å². The number of thioether (sulfide) groups is 1. The van der Waals surface area contributed by atoms with Gasteiger partial charge in [-0.15, -0.1) is 10.2 Å². The van der Waals surface area contributed by atoms with Gasteiger partial charge in [0, 0.05) is 44.4 Å². The Hall–Kier alpha value is -3.87. The molecule has 37 heavy (non-hydrogen) atoms. The van der Waals surface area contributed by atoms with E-state index in [0.717, 1.165) is 16.8 Å². The lowest BCUT2D eigenvalue weighted by atomic mass is 10.1. The van der Waals surface area contributed by atoms with Gasteiger partial charge in [-0.1, -0.05) is 23.9 Å². The van der Waals surface area contributed by atoms with Gasteiger partial charge in [-0.25, -0.2) is 9.59 Å². The van der Waals surface area contributed by atoms with Crippen LogP contribution in [0.3, 0.4) is 0 Å². The third kappa shape index (κ3) is 6.28. The van der Waals surface area contributed by atoms with E-state index >= 15 is 0 Å². The Morgan fingerprint density at radius 3 is 2.46 bits per heavy atom. The summed E-state index contributed by atoms with van der Waals surface area (Å²) >= 11 is 1.26. The molecule has 2 amide bonds. The molecule has 2 N–H and O–H groups in total. The first-order valence-electron chi connectivity index (χ1n) is 11.9. The number of aryl methyl sites for hydroxylation is 2. The number of benzene rings is 1. The Bertz CT molecular complexity index is 1380. The predicted octanol–water partition coefficient (Wildman–Crippen LogP) is 1.24. The first-order chi connectivity index (χ1) is 17.7. The number of carbonyl (C=O) groups is 2. The molecule has 2 aromatic heterocycles. The number of nitrogens with one attached hydrogen (secondary N) is 2. The van der Waals surface area contributed by atoms with E-state index in [-0.39, 0.29) is 24.2 Å². The van der Waals surface area contributed by atoms with E-state index in [4.69, 9.17) is 4.74 Å². The van der Waals surface area contributed by atoms with Gasteiger partial charge in [0.25, 0.3) is 5.56 Å². The minimum absolute atomic E-state index is 0.0653. The quantitative estimate of drug-likeness (QED) is 0.437. The number of hydrogen-bond acceptors (Lipinski definition) is 8. The van der Waals surface area contributed by atoms with Gasteiger partial charge in [-0.3, -0.25) is 19.1 Å². The van der Waals surface area contributed by atoms with Crippen LogP contribution in [0.1, 0.15) is 29.6 Å². The third-order valence-electron chi connectivity index (χ3n) is 5.95. The average Bonchev–Trinajstić information content (AvgIpc) is 3.25. The van der Waals surface area contributed by atoms with Crippen LogP contribution < -0.4 is 11.2 Å². The lowest BCUT2D eigenvalue weighted by Crippen LogP contribution is -2.51. The molecule has 1 aliphatic heterocycles. The van der Waals surface area contributed by atoms with Gasteiger partial charge in [0.05, 0.1) is 18.0 Å². The summed E-state index contributed by atoms with van der Waals surface area (Å²) in [4.78, 5) is 56.5. The topological polar surface area (TPSA) is 146 Å². The van der Waals surface area contributed by atoms with Crippen molar-refractivity contribution in [2.45, 2.75) is 32.3 Å². The Morgan fingerprint density at radius 2 is 1.76 bits per heavy atom. The molecule has 0 bridgehead atoms. The van der Waals surface area contributed by atoms with E-state index in [1.165, 1.54) is 17.8 Å². The van der Waals surface area contributed by atoms with E-state index in [2.05, 4.69) is 20.2 Å². The molecule has 1 fully saturated rings. The van der Waals surface area contributed by atoms with Gasteiger partial charge < -0.3 is 19.5 Å². The van der Waals surface area contributed by atoms with Crippen molar-refractivity contribution in [3.63, 3.8) is 0 Å². The molecule has 3 heterocycles. The van der Waals surface area contributed by atoms with Crippen molar-refractivity contribution in [3.8, 4) is 5.69 Å². The van der Waals surface area contributed by atoms with E-state index in [1.807, 2.05) is 36.6 Å². The van der Waals surface area contributed by atoms with Crippen LogP contribution in [0.15, 0.2) is 39.0 Å². The Labute approximate surface area is 217 Å². The fourth-order valence-corrected chi connectivity index (χ4v) is 4.93. The van der Waals surface area contributed by atoms with Gasteiger partial charge in [-0.05, 0) is 38.0 Å². The van der Waals surface area contributed by atoms with Gasteiger partial charge in [0.1, 0.15) is 5.82 Å². The lowest BCUT2D eigenvalue weighted by molar-refractivity contribution is -0.129. The number of carbonyl (C=O) groups excluding carboxylic acids is 2. The molecule has 1 saturated heterocycles. The van der Waals surface area contributed by atoms with Crippen molar-refractivity contribution in [2.24, 2.45) is 0 Å². The van der Waals surface area contributed by atoms with Crippen LogP contribution in [0, 0.1) is 13.8 Å². The number of nitrogens with zero attached hydrogens (tertiary/aromatic N) is 5. The highest BCUT2D eigenvalue weighted by molar-refractivity contribution is 7.99. The van der Waals surface area contributed by atoms with Crippen molar-refractivity contribution >= 4 is 23.8 Å². The highest BCUT2D eigenvalue weighted by atomic mass is 32.2. The standard InChI is InChI=1S/C24H29N7O5S/c1-4-36-24(35)30-9-7-29(8-10-30)21(33)14-37-23-28-27-19(12-17-13-20(32)26-22(34)25-17)31(23)18-11-15(2)5-6-16(18)3/h5-6,11,13H,4,7-10,12,14H2,1-3H3,(H2,25,26,32,34). The summed E-state index contributed by atoms with van der Waals surface area (Å²) in [5, 5.41) is 9.19. The average molecular weight is 528 g/mol. The van der Waals surface area contributed by atoms with E-state index < -0.39 is 11.2 Å². The smallest absolute Gasteiger partial charge is 0.409 e. The van der Waals surface area contributed by atoms with Gasteiger partial charge in [-0.2, -0.15) is 0 Å². The molecule has 0 unspecified atom stereocenters. The van der Waals surface area contributed by atoms with Crippen molar-refractivity contribution in [2.75, 3.05) is 38.5 Å². The minimum atomic E-state index is -0.594. The third-order valence-corrected chi connectivity index (χ3v) is 6.87. The number of aromatic nitrogens is 5. The Kier molecular flexibility index (Phi) is 8.11. The highest BCUT2D eigenvalue weighted by Gasteiger charge is 2.26. The molecule has 13 heteroatoms. The molecule has 4 rings (SSSR count). The number of rotatable bonds is 7. The molecule has 12 nitrogen and oxygen atoms in total. The molecule has 0 atom stereocenters. The van der Waals surface area contributed by atoms with Crippen LogP contribution in [0.2, 0.25) is 0 Å². The van der Waals surface area contributed by atoms with Crippen LogP contribution in [-0.4, -0.2) is 85.1 Å². The number of amides is 2. The normalized spacial score (nSPS) is 13.6. The number of hydrogen-bond donors (Lipinski definition) is 2. The summed E-state index contributed by atoms with van der Waals surface area (Å²) < 4.78 is 6.90. The lowest BCUT2D eigenvalue weighted by Gasteiger charge is -2.34. The second-order valence-corrected chi connectivity index (χ2v) is 9.61. The maximum Gasteiger partial charge on any atom is 0.409 e. The maximum atomic E-state index is 13.0. The zero-order valence-corrected chi connectivity index (χ0v) is 21.8. The zero-order valence-electron chi connectivity index (χ0n) is 20.9. The largest absolute Gasteiger partial charge is 0.450 e. The van der Waals surface area contributed by atoms with E-state index in [9.17, 15) is 19.2 Å². The van der Waals surface area contributed by atoms with Gasteiger partial charge in [0.15, 0.2) is 5.16 Å². The fraction of sp³-hybridized carbons (Fsp3) is 0.417. The Balaban J connectivity index is 1.53. The predicted molar refractivity (Wildman–Crippen MR) is 137 cm³/mol. The summed E-state index contributed by atoms with van der Waals surface area (Å²) in [7, 11) is 0. The van der Waals surface area contributed by atoms with Crippen molar-refractivity contribution in [3.05, 3.63) is 67.7 Å². The summed E-state index contributed by atoms with van der Waals surface area (Å²) in [5.74, 6) is 0.599. The summed E-state index contributed by atoms with van der Waals surface area (Å²) in [6.07, 6.45) is -0.191. The molecular formula is C24H29N7O5S. The van der Waals surface area contributed by atoms with Gasteiger partial charge in [0.2, 0.25) is 5.91 Å². The first-order valence-corrected chi connectivity index (χ1v) is 12.9. The van der Waals surface area contributed by atoms with Crippen LogP contribution in [0.4, 0.5) is 4.79 Å². The second kappa shape index (κ2) is 11.5. The Morgan fingerprint density at radius 1 is 1.03 bits per heavy atom. The maximum absolute atomic E-state index is 13.0. The molecule has 0 aliphatic carbocycles. The van der Waals surface area contributed by atoms with E-state index in [0.29, 0.717) is 49.5 Å². The summed E-state index contributed by atoms with van der Waals surface area (Å²) in [5.41, 5.74) is 2.18. The molecule has 0 radical (unpaired) electrons. The van der Waals surface area contributed by atoms with Crippen LogP contribution in [0.25, 0.3) is 5.69 Å². The number of H-pyrrole nitrogens is 2. The number of ether oxygens (including phenoxy) is 1. The fourth-order valence-electron chi connectivity index (χ4n) is 4.07. The number of piperazine rings is 1. The van der Waals surface area contributed by atoms with Crippen molar-refractivity contribution in [1.29, 1.82) is 0 Å². The summed E-state index contributed by atoms with van der Waals surface area (Å²) in [6, 6.07) is 7.31. The van der Waals surface area contributed by atoms with E-state index in [1.54, 1.807) is 16.7 Å². The molecule has 3 aromatic rings. The highest BCUT2D eigenvalue weighted by Crippen LogP contribution is 2.26. The van der Waals surface area contributed by atoms with Crippen molar-refractivity contribution < 1.29 is 14.3 Å². The second-order valence-electron chi connectivity index (χ2n) is 8.67. The van der Waals surface area contributed by atoms with Crippen LogP contribution in [0.5, 0.6) is 0 Å². The molecule has 196 valence electrons. The van der Waals surface area contributed by atoms with Gasteiger partial charge >= 0.3 is 11.8 Å².